The monoisotopic (exact) mass is 250 g/mol. The summed E-state index contributed by atoms with van der Waals surface area (Å²) in [4.78, 5) is 23.8. The van der Waals surface area contributed by atoms with Crippen LogP contribution in [0.5, 0.6) is 11.5 Å². The Bertz CT molecular complexity index is 463. The lowest BCUT2D eigenvalue weighted by Gasteiger charge is -2.14. The molecule has 1 rings (SSSR count). The summed E-state index contributed by atoms with van der Waals surface area (Å²) < 4.78 is 10.4. The number of benzene rings is 1. The zero-order valence-electron chi connectivity index (χ0n) is 11.2. The molecule has 0 aliphatic rings. The second-order valence-electron chi connectivity index (χ2n) is 3.78. The predicted molar refractivity (Wildman–Crippen MR) is 68.8 cm³/mol. The van der Waals surface area contributed by atoms with Crippen LogP contribution < -0.4 is 9.47 Å². The van der Waals surface area contributed by atoms with Crippen LogP contribution in [0.2, 0.25) is 0 Å². The first-order valence-electron chi connectivity index (χ1n) is 5.91. The van der Waals surface area contributed by atoms with Crippen molar-refractivity contribution in [3.05, 3.63) is 23.3 Å². The molecular weight excluding hydrogens is 232 g/mol. The van der Waals surface area contributed by atoms with Gasteiger partial charge in [-0.3, -0.25) is 9.59 Å². The molecule has 0 aromatic heterocycles. The van der Waals surface area contributed by atoms with Gasteiger partial charge < -0.3 is 9.47 Å². The van der Waals surface area contributed by atoms with Crippen LogP contribution in [0, 0.1) is 0 Å². The fraction of sp³-hybridized carbons (Fsp3) is 0.429. The Hall–Kier alpha value is -1.84. The molecular formula is C14H18O4. The van der Waals surface area contributed by atoms with E-state index in [4.69, 9.17) is 9.47 Å². The van der Waals surface area contributed by atoms with E-state index in [1.807, 2.05) is 0 Å². The van der Waals surface area contributed by atoms with Gasteiger partial charge in [0.25, 0.3) is 0 Å². The summed E-state index contributed by atoms with van der Waals surface area (Å²) in [5.41, 5.74) is 0.777. The molecule has 0 unspecified atom stereocenters. The highest BCUT2D eigenvalue weighted by Crippen LogP contribution is 2.33. The van der Waals surface area contributed by atoms with Crippen LogP contribution in [0.15, 0.2) is 12.1 Å². The lowest BCUT2D eigenvalue weighted by molar-refractivity contribution is 0.0980. The molecule has 4 heteroatoms. The van der Waals surface area contributed by atoms with Crippen LogP contribution in [0.4, 0.5) is 0 Å². The maximum absolute atomic E-state index is 12.0. The molecule has 0 atom stereocenters. The van der Waals surface area contributed by atoms with Gasteiger partial charge in [-0.25, -0.2) is 0 Å². The maximum atomic E-state index is 12.0. The van der Waals surface area contributed by atoms with Crippen LogP contribution in [0.1, 0.15) is 47.4 Å². The molecule has 4 nitrogen and oxygen atoms in total. The third kappa shape index (κ3) is 2.53. The lowest BCUT2D eigenvalue weighted by Crippen LogP contribution is -2.09. The van der Waals surface area contributed by atoms with Crippen molar-refractivity contribution in [2.45, 2.75) is 26.7 Å². The van der Waals surface area contributed by atoms with E-state index >= 15 is 0 Å². The quantitative estimate of drug-likeness (QED) is 0.728. The third-order valence-electron chi connectivity index (χ3n) is 2.76. The topological polar surface area (TPSA) is 52.6 Å². The SMILES string of the molecule is CCC(=O)c1ccc(OC)c(C(=O)CC)c1OC. The molecule has 0 radical (unpaired) electrons. The van der Waals surface area contributed by atoms with E-state index in [1.165, 1.54) is 14.2 Å². The Labute approximate surface area is 107 Å². The van der Waals surface area contributed by atoms with Gasteiger partial charge in [0, 0.05) is 12.8 Å². The molecule has 18 heavy (non-hydrogen) atoms. The average Bonchev–Trinajstić information content (AvgIpc) is 2.43. The number of hydrogen-bond acceptors (Lipinski definition) is 4. The molecule has 0 heterocycles. The van der Waals surface area contributed by atoms with Crippen LogP contribution in [-0.2, 0) is 0 Å². The normalized spacial score (nSPS) is 10.0. The standard InChI is InChI=1S/C14H18O4/c1-5-10(15)9-7-8-12(17-3)13(11(16)6-2)14(9)18-4/h7-8H,5-6H2,1-4H3. The van der Waals surface area contributed by atoms with E-state index in [1.54, 1.807) is 26.0 Å². The third-order valence-corrected chi connectivity index (χ3v) is 2.76. The first-order chi connectivity index (χ1) is 8.60. The molecule has 0 spiro atoms. The number of carbonyl (C=O) groups is 2. The predicted octanol–water partition coefficient (Wildman–Crippen LogP) is 2.89. The minimum Gasteiger partial charge on any atom is -0.496 e. The zero-order valence-corrected chi connectivity index (χ0v) is 11.2. The summed E-state index contributed by atoms with van der Waals surface area (Å²) in [5, 5.41) is 0. The van der Waals surface area contributed by atoms with E-state index in [0.717, 1.165) is 0 Å². The Kier molecular flexibility index (Phi) is 4.89. The number of Topliss-reactive ketones (excluding diaryl/α,β-unsaturated/α-hetero) is 2. The average molecular weight is 250 g/mol. The van der Waals surface area contributed by atoms with Crippen molar-refractivity contribution in [1.29, 1.82) is 0 Å². The Morgan fingerprint density at radius 1 is 1.00 bits per heavy atom. The van der Waals surface area contributed by atoms with Gasteiger partial charge in [-0.1, -0.05) is 13.8 Å². The minimum atomic E-state index is -0.102. The molecule has 0 saturated heterocycles. The lowest BCUT2D eigenvalue weighted by atomic mass is 9.99. The molecule has 0 saturated carbocycles. The van der Waals surface area contributed by atoms with Crippen molar-refractivity contribution in [1.82, 2.24) is 0 Å². The Morgan fingerprint density at radius 2 is 1.61 bits per heavy atom. The van der Waals surface area contributed by atoms with E-state index in [-0.39, 0.29) is 11.6 Å². The maximum Gasteiger partial charge on any atom is 0.170 e. The van der Waals surface area contributed by atoms with Crippen molar-refractivity contribution in [2.75, 3.05) is 14.2 Å². The smallest absolute Gasteiger partial charge is 0.170 e. The summed E-state index contributed by atoms with van der Waals surface area (Å²) in [7, 11) is 2.94. The summed E-state index contributed by atoms with van der Waals surface area (Å²) in [6, 6.07) is 3.27. The van der Waals surface area contributed by atoms with E-state index in [0.29, 0.717) is 35.5 Å². The van der Waals surface area contributed by atoms with Crippen LogP contribution in [-0.4, -0.2) is 25.8 Å². The molecule has 98 valence electrons. The number of rotatable bonds is 6. The van der Waals surface area contributed by atoms with Gasteiger partial charge in [0.1, 0.15) is 17.1 Å². The molecule has 0 aliphatic carbocycles. The Morgan fingerprint density at radius 3 is 2.06 bits per heavy atom. The largest absolute Gasteiger partial charge is 0.496 e. The summed E-state index contributed by atoms with van der Waals surface area (Å²) >= 11 is 0. The number of ether oxygens (including phenoxy) is 2. The number of ketones is 2. The fourth-order valence-electron chi connectivity index (χ4n) is 1.80. The Balaban J connectivity index is 3.51. The van der Waals surface area contributed by atoms with Gasteiger partial charge >= 0.3 is 0 Å². The van der Waals surface area contributed by atoms with Crippen LogP contribution in [0.25, 0.3) is 0 Å². The summed E-state index contributed by atoms with van der Waals surface area (Å²) in [6.07, 6.45) is 0.693. The van der Waals surface area contributed by atoms with E-state index in [9.17, 15) is 9.59 Å². The fourth-order valence-corrected chi connectivity index (χ4v) is 1.80. The molecule has 0 amide bonds. The molecule has 0 fully saturated rings. The molecule has 1 aromatic carbocycles. The van der Waals surface area contributed by atoms with Crippen molar-refractivity contribution in [3.8, 4) is 11.5 Å². The number of carbonyl (C=O) groups excluding carboxylic acids is 2. The first kappa shape index (κ1) is 14.2. The van der Waals surface area contributed by atoms with E-state index < -0.39 is 0 Å². The van der Waals surface area contributed by atoms with Gasteiger partial charge in [-0.2, -0.15) is 0 Å². The molecule has 0 bridgehead atoms. The highest BCUT2D eigenvalue weighted by Gasteiger charge is 2.22. The number of hydrogen-bond donors (Lipinski definition) is 0. The molecule has 0 N–H and O–H groups in total. The van der Waals surface area contributed by atoms with Gasteiger partial charge in [0.2, 0.25) is 0 Å². The molecule has 0 aliphatic heterocycles. The number of methoxy groups -OCH3 is 2. The summed E-state index contributed by atoms with van der Waals surface area (Å²) in [6.45, 7) is 3.53. The van der Waals surface area contributed by atoms with Crippen LogP contribution in [0.3, 0.4) is 0 Å². The van der Waals surface area contributed by atoms with Gasteiger partial charge in [-0.15, -0.1) is 0 Å². The van der Waals surface area contributed by atoms with Crippen molar-refractivity contribution in [2.24, 2.45) is 0 Å². The van der Waals surface area contributed by atoms with Crippen LogP contribution >= 0.6 is 0 Å². The second-order valence-corrected chi connectivity index (χ2v) is 3.78. The highest BCUT2D eigenvalue weighted by atomic mass is 16.5. The molecule has 1 aromatic rings. The van der Waals surface area contributed by atoms with Crippen molar-refractivity contribution >= 4 is 11.6 Å². The minimum absolute atomic E-state index is 0.0559. The van der Waals surface area contributed by atoms with E-state index in [2.05, 4.69) is 0 Å². The zero-order chi connectivity index (χ0) is 13.7. The van der Waals surface area contributed by atoms with Crippen molar-refractivity contribution < 1.29 is 19.1 Å². The van der Waals surface area contributed by atoms with Gasteiger partial charge in [-0.05, 0) is 12.1 Å². The van der Waals surface area contributed by atoms with Gasteiger partial charge in [0.15, 0.2) is 11.6 Å². The van der Waals surface area contributed by atoms with Gasteiger partial charge in [0.05, 0.1) is 19.8 Å². The second kappa shape index (κ2) is 6.19. The summed E-state index contributed by atoms with van der Waals surface area (Å²) in [5.74, 6) is 0.591. The highest BCUT2D eigenvalue weighted by molar-refractivity contribution is 6.07. The van der Waals surface area contributed by atoms with Crippen molar-refractivity contribution in [3.63, 3.8) is 0 Å². The first-order valence-corrected chi connectivity index (χ1v) is 5.91.